The van der Waals surface area contributed by atoms with Gasteiger partial charge in [0.05, 0.1) is 11.3 Å². The maximum atomic E-state index is 12.3. The van der Waals surface area contributed by atoms with E-state index in [1.54, 1.807) is 0 Å². The minimum absolute atomic E-state index is 0.0160. The second-order valence-corrected chi connectivity index (χ2v) is 5.63. The van der Waals surface area contributed by atoms with Gasteiger partial charge in [0.15, 0.2) is 0 Å². The van der Waals surface area contributed by atoms with E-state index in [4.69, 9.17) is 5.73 Å². The van der Waals surface area contributed by atoms with Gasteiger partial charge in [-0.3, -0.25) is 9.89 Å². The van der Waals surface area contributed by atoms with Gasteiger partial charge in [0.1, 0.15) is 0 Å². The first-order chi connectivity index (χ1) is 8.65. The number of hydrogen-bond donors (Lipinski definition) is 3. The molecule has 0 bridgehead atoms. The lowest BCUT2D eigenvalue weighted by molar-refractivity contribution is 0.0936. The summed E-state index contributed by atoms with van der Waals surface area (Å²) in [5, 5.41) is 10.3. The van der Waals surface area contributed by atoms with Gasteiger partial charge in [-0.25, -0.2) is 0 Å². The van der Waals surface area contributed by atoms with Gasteiger partial charge in [-0.15, -0.1) is 0 Å². The second kappa shape index (κ2) is 4.39. The zero-order chi connectivity index (χ0) is 12.7. The van der Waals surface area contributed by atoms with E-state index >= 15 is 0 Å². The molecule has 4 N–H and O–H groups in total. The van der Waals surface area contributed by atoms with Crippen LogP contribution in [-0.2, 0) is 0 Å². The van der Waals surface area contributed by atoms with Gasteiger partial charge in [0.2, 0.25) is 0 Å². The van der Waals surface area contributed by atoms with Crippen molar-refractivity contribution in [3.63, 3.8) is 0 Å². The Hall–Kier alpha value is -1.36. The summed E-state index contributed by atoms with van der Waals surface area (Å²) >= 11 is 0. The summed E-state index contributed by atoms with van der Waals surface area (Å²) in [6.45, 7) is 1.91. The van der Waals surface area contributed by atoms with Gasteiger partial charge < -0.3 is 11.1 Å². The number of hydrogen-bond acceptors (Lipinski definition) is 3. The van der Waals surface area contributed by atoms with E-state index in [0.29, 0.717) is 5.92 Å². The van der Waals surface area contributed by atoms with E-state index in [1.807, 2.05) is 6.92 Å². The smallest absolute Gasteiger partial charge is 0.255 e. The maximum Gasteiger partial charge on any atom is 0.255 e. The Balaban J connectivity index is 1.73. The normalized spacial score (nSPS) is 27.4. The molecule has 0 radical (unpaired) electrons. The number of nitrogens with one attached hydrogen (secondary N) is 2. The lowest BCUT2D eigenvalue weighted by atomic mass is 10.1. The number of aryl methyl sites for hydroxylation is 1. The number of carbonyl (C=O) groups excluding carboxylic acids is 1. The van der Waals surface area contributed by atoms with E-state index < -0.39 is 0 Å². The van der Waals surface area contributed by atoms with Crippen molar-refractivity contribution in [2.24, 2.45) is 5.73 Å². The minimum atomic E-state index is 0.0160. The van der Waals surface area contributed by atoms with Crippen LogP contribution >= 0.6 is 0 Å². The third kappa shape index (κ3) is 2.14. The molecule has 98 valence electrons. The molecule has 0 saturated heterocycles. The second-order valence-electron chi connectivity index (χ2n) is 5.63. The molecule has 3 rings (SSSR count). The summed E-state index contributed by atoms with van der Waals surface area (Å²) in [7, 11) is 0. The fraction of sp³-hybridized carbons (Fsp3) is 0.692. The molecular formula is C13H20N4O. The molecule has 2 aliphatic carbocycles. The topological polar surface area (TPSA) is 83.8 Å². The number of carbonyl (C=O) groups is 1. The van der Waals surface area contributed by atoms with Crippen molar-refractivity contribution in [1.82, 2.24) is 15.5 Å². The van der Waals surface area contributed by atoms with Crippen LogP contribution in [0.15, 0.2) is 0 Å². The fourth-order valence-electron chi connectivity index (χ4n) is 2.79. The number of nitrogens with zero attached hydrogens (tertiary/aromatic N) is 1. The fourth-order valence-corrected chi connectivity index (χ4v) is 2.79. The molecule has 5 nitrogen and oxygen atoms in total. The Labute approximate surface area is 107 Å². The Morgan fingerprint density at radius 3 is 2.78 bits per heavy atom. The zero-order valence-corrected chi connectivity index (χ0v) is 10.7. The summed E-state index contributed by atoms with van der Waals surface area (Å²) in [5.74, 6) is 0.504. The van der Waals surface area contributed by atoms with Gasteiger partial charge in [-0.2, -0.15) is 5.10 Å². The monoisotopic (exact) mass is 248 g/mol. The van der Waals surface area contributed by atoms with Crippen molar-refractivity contribution in [2.45, 2.75) is 57.0 Å². The molecule has 2 fully saturated rings. The number of rotatable bonds is 3. The van der Waals surface area contributed by atoms with Gasteiger partial charge in [0, 0.05) is 23.7 Å². The van der Waals surface area contributed by atoms with E-state index in [9.17, 15) is 4.79 Å². The molecule has 0 aliphatic heterocycles. The van der Waals surface area contributed by atoms with Crippen LogP contribution in [0, 0.1) is 6.92 Å². The Morgan fingerprint density at radius 2 is 2.17 bits per heavy atom. The summed E-state index contributed by atoms with van der Waals surface area (Å²) in [4.78, 5) is 12.3. The predicted molar refractivity (Wildman–Crippen MR) is 68.4 cm³/mol. The largest absolute Gasteiger partial charge is 0.349 e. The minimum Gasteiger partial charge on any atom is -0.349 e. The number of H-pyrrole nitrogens is 1. The highest BCUT2D eigenvalue weighted by atomic mass is 16.1. The quantitative estimate of drug-likeness (QED) is 0.751. The van der Waals surface area contributed by atoms with Crippen LogP contribution in [0.2, 0.25) is 0 Å². The van der Waals surface area contributed by atoms with Gasteiger partial charge in [-0.05, 0) is 39.0 Å². The Bertz CT molecular complexity index is 464. The molecule has 1 heterocycles. The molecule has 1 amide bonds. The van der Waals surface area contributed by atoms with Crippen LogP contribution in [-0.4, -0.2) is 28.2 Å². The van der Waals surface area contributed by atoms with Crippen molar-refractivity contribution in [3.8, 4) is 0 Å². The molecule has 5 heteroatoms. The first-order valence-electron chi connectivity index (χ1n) is 6.76. The maximum absolute atomic E-state index is 12.3. The van der Waals surface area contributed by atoms with Gasteiger partial charge >= 0.3 is 0 Å². The van der Waals surface area contributed by atoms with E-state index in [1.165, 1.54) is 0 Å². The van der Waals surface area contributed by atoms with Crippen molar-refractivity contribution in [2.75, 3.05) is 0 Å². The lowest BCUT2D eigenvalue weighted by Crippen LogP contribution is -2.34. The van der Waals surface area contributed by atoms with Crippen molar-refractivity contribution in [3.05, 3.63) is 17.0 Å². The number of nitrogens with two attached hydrogens (primary N) is 1. The summed E-state index contributed by atoms with van der Waals surface area (Å²) in [5.41, 5.74) is 8.45. The highest BCUT2D eigenvalue weighted by Gasteiger charge is 2.33. The molecule has 0 spiro atoms. The molecule has 2 saturated carbocycles. The lowest BCUT2D eigenvalue weighted by Gasteiger charge is -2.12. The van der Waals surface area contributed by atoms with Crippen molar-refractivity contribution >= 4 is 5.91 Å². The third-order valence-electron chi connectivity index (χ3n) is 3.97. The number of aromatic amines is 1. The molecule has 0 aromatic carbocycles. The molecule has 18 heavy (non-hydrogen) atoms. The van der Waals surface area contributed by atoms with Crippen LogP contribution < -0.4 is 11.1 Å². The van der Waals surface area contributed by atoms with Crippen molar-refractivity contribution < 1.29 is 4.79 Å². The average Bonchev–Trinajstić information content (AvgIpc) is 2.98. The van der Waals surface area contributed by atoms with Crippen LogP contribution in [0.5, 0.6) is 0 Å². The first kappa shape index (κ1) is 11.7. The number of amides is 1. The van der Waals surface area contributed by atoms with Gasteiger partial charge in [-0.1, -0.05) is 0 Å². The van der Waals surface area contributed by atoms with Gasteiger partial charge in [0.25, 0.3) is 5.91 Å². The predicted octanol–water partition coefficient (Wildman–Crippen LogP) is 1.21. The molecule has 1 aromatic heterocycles. The highest BCUT2D eigenvalue weighted by molar-refractivity contribution is 5.96. The van der Waals surface area contributed by atoms with Crippen LogP contribution in [0.4, 0.5) is 0 Å². The first-order valence-corrected chi connectivity index (χ1v) is 6.76. The number of aromatic nitrogens is 2. The molecular weight excluding hydrogens is 228 g/mol. The molecule has 1 aromatic rings. The van der Waals surface area contributed by atoms with E-state index in [0.717, 1.165) is 49.1 Å². The summed E-state index contributed by atoms with van der Waals surface area (Å²) < 4.78 is 0. The Kier molecular flexibility index (Phi) is 2.86. The summed E-state index contributed by atoms with van der Waals surface area (Å²) in [6.07, 6.45) is 5.19. The van der Waals surface area contributed by atoms with E-state index in [2.05, 4.69) is 15.5 Å². The summed E-state index contributed by atoms with van der Waals surface area (Å²) in [6, 6.07) is 0.470. The highest BCUT2D eigenvalue weighted by Crippen LogP contribution is 2.41. The zero-order valence-electron chi connectivity index (χ0n) is 10.7. The molecule has 2 atom stereocenters. The SMILES string of the molecule is Cc1[nH]nc(C2CC2)c1C(=O)N[C@H]1CC[C@@H](N)C1. The third-order valence-corrected chi connectivity index (χ3v) is 3.97. The van der Waals surface area contributed by atoms with E-state index in [-0.39, 0.29) is 18.0 Å². The standard InChI is InChI=1S/C13H20N4O/c1-7-11(12(17-16-7)8-2-3-8)13(18)15-10-5-4-9(14)6-10/h8-10H,2-6,14H2,1H3,(H,15,18)(H,16,17)/t9-,10+/m1/s1. The van der Waals surface area contributed by atoms with Crippen LogP contribution in [0.25, 0.3) is 0 Å². The van der Waals surface area contributed by atoms with Crippen LogP contribution in [0.3, 0.4) is 0 Å². The van der Waals surface area contributed by atoms with Crippen molar-refractivity contribution in [1.29, 1.82) is 0 Å². The molecule has 0 unspecified atom stereocenters. The van der Waals surface area contributed by atoms with Crippen LogP contribution in [0.1, 0.15) is 59.8 Å². The Morgan fingerprint density at radius 1 is 1.39 bits per heavy atom. The molecule has 2 aliphatic rings. The average molecular weight is 248 g/mol.